The number of nitrogens with two attached hydrogens (primary N) is 1. The van der Waals surface area contributed by atoms with Crippen molar-refractivity contribution in [1.82, 2.24) is 10.3 Å². The number of hydrogen-bond donors (Lipinski definition) is 3. The van der Waals surface area contributed by atoms with Crippen LogP contribution in [0.5, 0.6) is 0 Å². The molecule has 1 fully saturated rings. The summed E-state index contributed by atoms with van der Waals surface area (Å²) in [5, 5.41) is 7.22. The molecule has 26 heavy (non-hydrogen) atoms. The van der Waals surface area contributed by atoms with Gasteiger partial charge in [0.05, 0.1) is 0 Å². The summed E-state index contributed by atoms with van der Waals surface area (Å²) < 4.78 is 0. The Morgan fingerprint density at radius 3 is 2.85 bits per heavy atom. The predicted octanol–water partition coefficient (Wildman–Crippen LogP) is 4.37. The topological polar surface area (TPSA) is 53.8 Å². The van der Waals surface area contributed by atoms with Gasteiger partial charge in [-0.15, -0.1) is 11.3 Å². The average Bonchev–Trinajstić information content (AvgIpc) is 3.17. The van der Waals surface area contributed by atoms with Gasteiger partial charge < -0.3 is 16.0 Å². The van der Waals surface area contributed by atoms with Crippen molar-refractivity contribution in [2.24, 2.45) is 11.7 Å². The molecule has 4 N–H and O–H groups in total. The van der Waals surface area contributed by atoms with Gasteiger partial charge in [0.2, 0.25) is 0 Å². The normalized spacial score (nSPS) is 25.5. The number of thiophene rings is 1. The molecule has 0 unspecified atom stereocenters. The van der Waals surface area contributed by atoms with Crippen LogP contribution in [0.3, 0.4) is 0 Å². The van der Waals surface area contributed by atoms with Gasteiger partial charge in [-0.05, 0) is 67.8 Å². The SMILES string of the molecule is N[C@@H]1[C@@H](c2cccs2)Cc2[nH]c3ccccc3c2[C@H]1CCNCC1CC1. The van der Waals surface area contributed by atoms with Gasteiger partial charge in [0.25, 0.3) is 0 Å². The van der Waals surface area contributed by atoms with Gasteiger partial charge >= 0.3 is 0 Å². The highest BCUT2D eigenvalue weighted by atomic mass is 32.1. The lowest BCUT2D eigenvalue weighted by Crippen LogP contribution is -2.40. The Morgan fingerprint density at radius 1 is 1.15 bits per heavy atom. The molecule has 0 aliphatic heterocycles. The molecular weight excluding hydrogens is 338 g/mol. The van der Waals surface area contributed by atoms with Crippen molar-refractivity contribution in [3.05, 3.63) is 57.9 Å². The van der Waals surface area contributed by atoms with Crippen LogP contribution in [0, 0.1) is 5.92 Å². The molecule has 0 amide bonds. The minimum absolute atomic E-state index is 0.183. The van der Waals surface area contributed by atoms with Crippen LogP contribution in [0.1, 0.15) is 47.2 Å². The van der Waals surface area contributed by atoms with Crippen LogP contribution in [-0.2, 0) is 6.42 Å². The van der Waals surface area contributed by atoms with E-state index in [0.29, 0.717) is 11.8 Å². The van der Waals surface area contributed by atoms with E-state index in [9.17, 15) is 0 Å². The van der Waals surface area contributed by atoms with E-state index in [1.165, 1.54) is 46.4 Å². The van der Waals surface area contributed by atoms with Crippen molar-refractivity contribution in [1.29, 1.82) is 0 Å². The number of aromatic amines is 1. The third kappa shape index (κ3) is 3.00. The lowest BCUT2D eigenvalue weighted by molar-refractivity contribution is 0.395. The highest BCUT2D eigenvalue weighted by molar-refractivity contribution is 7.10. The molecule has 0 bridgehead atoms. The maximum absolute atomic E-state index is 6.90. The molecule has 3 nitrogen and oxygen atoms in total. The standard InChI is InChI=1S/C22H27N3S/c23-22-16(9-10-24-13-14-7-8-14)21-15-4-1-2-5-18(15)25-19(21)12-17(22)20-6-3-11-26-20/h1-6,11,14,16-17,22,24-25H,7-10,12-13,23H2/t16-,17-,22+/m1/s1. The van der Waals surface area contributed by atoms with E-state index in [1.54, 1.807) is 0 Å². The van der Waals surface area contributed by atoms with E-state index in [2.05, 4.69) is 52.1 Å². The maximum atomic E-state index is 6.90. The minimum Gasteiger partial charge on any atom is -0.358 e. The van der Waals surface area contributed by atoms with Crippen molar-refractivity contribution in [2.75, 3.05) is 13.1 Å². The zero-order valence-electron chi connectivity index (χ0n) is 15.1. The third-order valence-corrected chi connectivity index (χ3v) is 7.23. The smallest absolute Gasteiger partial charge is 0.0459 e. The molecule has 2 aliphatic carbocycles. The largest absolute Gasteiger partial charge is 0.358 e. The van der Waals surface area contributed by atoms with Gasteiger partial charge in [-0.25, -0.2) is 0 Å². The van der Waals surface area contributed by atoms with E-state index < -0.39 is 0 Å². The molecule has 5 rings (SSSR count). The van der Waals surface area contributed by atoms with Crippen LogP contribution in [0.2, 0.25) is 0 Å². The average molecular weight is 366 g/mol. The number of benzene rings is 1. The van der Waals surface area contributed by atoms with Crippen LogP contribution >= 0.6 is 11.3 Å². The quantitative estimate of drug-likeness (QED) is 0.568. The molecule has 4 heteroatoms. The number of fused-ring (bicyclic) bond motifs is 3. The number of nitrogens with one attached hydrogen (secondary N) is 2. The lowest BCUT2D eigenvalue weighted by atomic mass is 9.73. The van der Waals surface area contributed by atoms with Crippen LogP contribution < -0.4 is 11.1 Å². The number of hydrogen-bond acceptors (Lipinski definition) is 3. The summed E-state index contributed by atoms with van der Waals surface area (Å²) >= 11 is 1.85. The number of aromatic nitrogens is 1. The van der Waals surface area contributed by atoms with E-state index in [-0.39, 0.29) is 6.04 Å². The van der Waals surface area contributed by atoms with Crippen molar-refractivity contribution < 1.29 is 0 Å². The fourth-order valence-corrected chi connectivity index (χ4v) is 5.53. The van der Waals surface area contributed by atoms with Gasteiger partial charge in [-0.3, -0.25) is 0 Å². The van der Waals surface area contributed by atoms with Gasteiger partial charge in [0, 0.05) is 39.4 Å². The molecule has 3 aromatic rings. The first-order valence-electron chi connectivity index (χ1n) is 9.90. The zero-order valence-corrected chi connectivity index (χ0v) is 15.9. The highest BCUT2D eigenvalue weighted by Gasteiger charge is 2.37. The molecule has 0 radical (unpaired) electrons. The summed E-state index contributed by atoms with van der Waals surface area (Å²) in [6.45, 7) is 2.24. The fraction of sp³-hybridized carbons (Fsp3) is 0.455. The number of para-hydroxylation sites is 1. The molecule has 2 heterocycles. The van der Waals surface area contributed by atoms with Gasteiger partial charge in [-0.2, -0.15) is 0 Å². The number of H-pyrrole nitrogens is 1. The molecule has 2 aromatic heterocycles. The van der Waals surface area contributed by atoms with Crippen LogP contribution in [0.4, 0.5) is 0 Å². The zero-order chi connectivity index (χ0) is 17.5. The summed E-state index contributed by atoms with van der Waals surface area (Å²) in [6, 6.07) is 13.3. The van der Waals surface area contributed by atoms with Crippen LogP contribution in [-0.4, -0.2) is 24.1 Å². The molecule has 2 aliphatic rings. The third-order valence-electron chi connectivity index (χ3n) is 6.22. The van der Waals surface area contributed by atoms with Crippen molar-refractivity contribution in [3.63, 3.8) is 0 Å². The second kappa shape index (κ2) is 6.84. The molecule has 0 spiro atoms. The molecular formula is C22H27N3S. The lowest BCUT2D eigenvalue weighted by Gasteiger charge is -2.36. The second-order valence-corrected chi connectivity index (χ2v) is 8.99. The Balaban J connectivity index is 1.47. The van der Waals surface area contributed by atoms with E-state index in [1.807, 2.05) is 11.3 Å². The predicted molar refractivity (Wildman–Crippen MR) is 110 cm³/mol. The summed E-state index contributed by atoms with van der Waals surface area (Å²) in [5.74, 6) is 1.76. The molecule has 3 atom stereocenters. The Hall–Kier alpha value is -1.62. The minimum atomic E-state index is 0.183. The summed E-state index contributed by atoms with van der Waals surface area (Å²) in [5.41, 5.74) is 11.0. The van der Waals surface area contributed by atoms with Gasteiger partial charge in [-0.1, -0.05) is 24.3 Å². The second-order valence-electron chi connectivity index (χ2n) is 8.01. The Morgan fingerprint density at radius 2 is 2.04 bits per heavy atom. The van der Waals surface area contributed by atoms with Crippen molar-refractivity contribution in [3.8, 4) is 0 Å². The van der Waals surface area contributed by atoms with Crippen molar-refractivity contribution in [2.45, 2.75) is 43.6 Å². The molecule has 1 saturated carbocycles. The van der Waals surface area contributed by atoms with Gasteiger partial charge in [0.15, 0.2) is 0 Å². The molecule has 0 saturated heterocycles. The van der Waals surface area contributed by atoms with Crippen LogP contribution in [0.15, 0.2) is 41.8 Å². The first-order valence-corrected chi connectivity index (χ1v) is 10.8. The van der Waals surface area contributed by atoms with E-state index in [0.717, 1.165) is 25.3 Å². The monoisotopic (exact) mass is 365 g/mol. The first kappa shape index (κ1) is 16.5. The maximum Gasteiger partial charge on any atom is 0.0459 e. The number of rotatable bonds is 6. The summed E-state index contributed by atoms with van der Waals surface area (Å²) in [7, 11) is 0. The Kier molecular flexibility index (Phi) is 4.35. The Bertz CT molecular complexity index is 878. The van der Waals surface area contributed by atoms with Gasteiger partial charge in [0.1, 0.15) is 0 Å². The Labute approximate surface area is 159 Å². The summed E-state index contributed by atoms with van der Waals surface area (Å²) in [6.07, 6.45) is 4.95. The van der Waals surface area contributed by atoms with E-state index >= 15 is 0 Å². The van der Waals surface area contributed by atoms with E-state index in [4.69, 9.17) is 5.73 Å². The van der Waals surface area contributed by atoms with Crippen molar-refractivity contribution >= 4 is 22.2 Å². The first-order chi connectivity index (χ1) is 12.8. The fourth-order valence-electron chi connectivity index (χ4n) is 4.65. The summed E-state index contributed by atoms with van der Waals surface area (Å²) in [4.78, 5) is 5.13. The highest BCUT2D eigenvalue weighted by Crippen LogP contribution is 2.44. The van der Waals surface area contributed by atoms with Crippen LogP contribution in [0.25, 0.3) is 10.9 Å². The molecule has 1 aromatic carbocycles. The molecule has 136 valence electrons.